The van der Waals surface area contributed by atoms with Crippen LogP contribution in [0.2, 0.25) is 0 Å². The first-order chi connectivity index (χ1) is 16.4. The number of hydrogen-bond donors (Lipinski definition) is 3. The third kappa shape index (κ3) is 12.7. The molecule has 194 valence electrons. The molecule has 1 rings (SSSR count). The van der Waals surface area contributed by atoms with E-state index < -0.39 is 31.2 Å². The van der Waals surface area contributed by atoms with Gasteiger partial charge in [-0.25, -0.2) is 4.79 Å². The zero-order chi connectivity index (χ0) is 26.4. The van der Waals surface area contributed by atoms with Crippen LogP contribution in [0, 0.1) is 0 Å². The zero-order valence-corrected chi connectivity index (χ0v) is 22.4. The molecule has 2 atom stereocenters. The van der Waals surface area contributed by atoms with Crippen molar-refractivity contribution in [2.75, 3.05) is 7.11 Å². The maximum absolute atomic E-state index is 12.8. The molecule has 1 unspecified atom stereocenters. The van der Waals surface area contributed by atoms with Crippen molar-refractivity contribution in [1.82, 2.24) is 5.32 Å². The largest absolute Gasteiger partial charge is 0.467 e. The van der Waals surface area contributed by atoms with Gasteiger partial charge in [-0.15, -0.1) is 0 Å². The van der Waals surface area contributed by atoms with Crippen molar-refractivity contribution in [3.05, 3.63) is 70.8 Å². The topological polar surface area (TPSA) is 113 Å². The van der Waals surface area contributed by atoms with Gasteiger partial charge in [-0.2, -0.15) is 0 Å². The Morgan fingerprint density at radius 3 is 2.09 bits per heavy atom. The van der Waals surface area contributed by atoms with Crippen molar-refractivity contribution in [3.63, 3.8) is 0 Å². The molecule has 0 aliphatic carbocycles. The van der Waals surface area contributed by atoms with Crippen LogP contribution in [-0.2, 0) is 25.3 Å². The second-order valence-corrected chi connectivity index (χ2v) is 10.9. The molecule has 7 nitrogen and oxygen atoms in total. The zero-order valence-electron chi connectivity index (χ0n) is 21.5. The number of carbonyl (C=O) groups excluding carboxylic acids is 2. The first kappa shape index (κ1) is 30.6. The molecule has 0 bridgehead atoms. The highest BCUT2D eigenvalue weighted by molar-refractivity contribution is 7.53. The lowest BCUT2D eigenvalue weighted by Crippen LogP contribution is -2.47. The summed E-state index contributed by atoms with van der Waals surface area (Å²) in [5.41, 5.74) is 2.75. The van der Waals surface area contributed by atoms with E-state index in [0.717, 1.165) is 36.8 Å². The summed E-state index contributed by atoms with van der Waals surface area (Å²) < 4.78 is 16.9. The van der Waals surface area contributed by atoms with Crippen LogP contribution in [0.3, 0.4) is 0 Å². The third-order valence-electron chi connectivity index (χ3n) is 5.61. The standard InChI is InChI=1S/C27H40NO6P/c1-20(2)11-9-12-21(3)13-10-14-22(4)17-18-25(35(31,32)33)26(29)28-24(27(30)34-5)19-23-15-7-6-8-16-23/h6-8,11,13,15-17,24-25H,9-10,12,14,18-19H2,1-5H3,(H,28,29)(H2,31,32,33)/b21-13+,22-17+/t24-,25?/m0/s1. The second-order valence-electron chi connectivity index (χ2n) is 9.07. The lowest BCUT2D eigenvalue weighted by Gasteiger charge is -2.21. The van der Waals surface area contributed by atoms with Gasteiger partial charge in [0.2, 0.25) is 5.91 Å². The quantitative estimate of drug-likeness (QED) is 0.181. The summed E-state index contributed by atoms with van der Waals surface area (Å²) in [6.45, 7) is 8.14. The van der Waals surface area contributed by atoms with Crippen LogP contribution in [0.25, 0.3) is 0 Å². The molecule has 0 aliphatic rings. The minimum Gasteiger partial charge on any atom is -0.467 e. The molecule has 1 aromatic carbocycles. The van der Waals surface area contributed by atoms with E-state index in [-0.39, 0.29) is 12.8 Å². The summed E-state index contributed by atoms with van der Waals surface area (Å²) in [5, 5.41) is 2.48. The number of nitrogens with one attached hydrogen (secondary N) is 1. The number of benzene rings is 1. The molecular formula is C27H40NO6P. The van der Waals surface area contributed by atoms with E-state index in [2.05, 4.69) is 38.2 Å². The summed E-state index contributed by atoms with van der Waals surface area (Å²) in [4.78, 5) is 44.7. The fourth-order valence-corrected chi connectivity index (χ4v) is 4.26. The van der Waals surface area contributed by atoms with Gasteiger partial charge >= 0.3 is 13.6 Å². The maximum atomic E-state index is 12.8. The van der Waals surface area contributed by atoms with Crippen molar-refractivity contribution in [1.29, 1.82) is 0 Å². The minimum atomic E-state index is -4.75. The van der Waals surface area contributed by atoms with Gasteiger partial charge in [0.05, 0.1) is 7.11 Å². The summed E-state index contributed by atoms with van der Waals surface area (Å²) in [6, 6.07) is 7.98. The smallest absolute Gasteiger partial charge is 0.338 e. The molecule has 0 aliphatic heterocycles. The number of allylic oxidation sites excluding steroid dienone is 6. The highest BCUT2D eigenvalue weighted by atomic mass is 31.2. The summed E-state index contributed by atoms with van der Waals surface area (Å²) in [7, 11) is -3.55. The first-order valence-corrected chi connectivity index (χ1v) is 13.5. The van der Waals surface area contributed by atoms with Gasteiger partial charge in [0.1, 0.15) is 11.7 Å². The van der Waals surface area contributed by atoms with Gasteiger partial charge in [-0.1, -0.05) is 65.3 Å². The fourth-order valence-electron chi connectivity index (χ4n) is 3.50. The van der Waals surface area contributed by atoms with Crippen LogP contribution in [-0.4, -0.2) is 40.5 Å². The number of amides is 1. The molecule has 8 heteroatoms. The highest BCUT2D eigenvalue weighted by Crippen LogP contribution is 2.43. The van der Waals surface area contributed by atoms with Gasteiger partial charge in [0.15, 0.2) is 0 Å². The van der Waals surface area contributed by atoms with E-state index >= 15 is 0 Å². The average molecular weight is 506 g/mol. The Bertz CT molecular complexity index is 957. The summed E-state index contributed by atoms with van der Waals surface area (Å²) in [5.74, 6) is -1.55. The Hall–Kier alpha value is -2.47. The van der Waals surface area contributed by atoms with Gasteiger partial charge < -0.3 is 19.8 Å². The van der Waals surface area contributed by atoms with Gasteiger partial charge in [0.25, 0.3) is 0 Å². The Labute approximate surface area is 209 Å². The van der Waals surface area contributed by atoms with Crippen molar-refractivity contribution in [2.24, 2.45) is 0 Å². The molecule has 1 aromatic rings. The number of methoxy groups -OCH3 is 1. The summed E-state index contributed by atoms with van der Waals surface area (Å²) >= 11 is 0. The molecule has 1 amide bonds. The van der Waals surface area contributed by atoms with Crippen LogP contribution in [0.1, 0.15) is 65.4 Å². The van der Waals surface area contributed by atoms with E-state index in [9.17, 15) is 23.9 Å². The van der Waals surface area contributed by atoms with E-state index in [1.54, 1.807) is 30.3 Å². The molecule has 35 heavy (non-hydrogen) atoms. The van der Waals surface area contributed by atoms with Crippen molar-refractivity contribution < 1.29 is 28.7 Å². The van der Waals surface area contributed by atoms with Crippen molar-refractivity contribution in [3.8, 4) is 0 Å². The Kier molecular flexibility index (Phi) is 13.5. The Morgan fingerprint density at radius 1 is 0.971 bits per heavy atom. The molecule has 0 heterocycles. The first-order valence-electron chi connectivity index (χ1n) is 11.9. The third-order valence-corrected chi connectivity index (χ3v) is 6.86. The van der Waals surface area contributed by atoms with E-state index in [0.29, 0.717) is 0 Å². The molecule has 0 saturated heterocycles. The van der Waals surface area contributed by atoms with E-state index in [1.165, 1.54) is 18.3 Å². The molecule has 3 N–H and O–H groups in total. The van der Waals surface area contributed by atoms with Gasteiger partial charge in [-0.3, -0.25) is 9.36 Å². The molecule has 0 spiro atoms. The van der Waals surface area contributed by atoms with Crippen LogP contribution in [0.15, 0.2) is 65.3 Å². The van der Waals surface area contributed by atoms with Crippen LogP contribution < -0.4 is 5.32 Å². The lowest BCUT2D eigenvalue weighted by atomic mass is 10.0. The lowest BCUT2D eigenvalue weighted by molar-refractivity contribution is -0.145. The number of hydrogen-bond acceptors (Lipinski definition) is 4. The fraction of sp³-hybridized carbons (Fsp3) is 0.481. The Morgan fingerprint density at radius 2 is 1.54 bits per heavy atom. The summed E-state index contributed by atoms with van der Waals surface area (Å²) in [6.07, 6.45) is 9.67. The number of rotatable bonds is 14. The molecule has 0 fully saturated rings. The van der Waals surface area contributed by atoms with Crippen LogP contribution in [0.4, 0.5) is 0 Å². The SMILES string of the molecule is COC(=O)[C@H](Cc1ccccc1)NC(=O)C(C/C=C(\C)CC/C=C(\C)CCC=C(C)C)P(=O)(O)O. The maximum Gasteiger partial charge on any atom is 0.338 e. The molecule has 0 aromatic heterocycles. The minimum absolute atomic E-state index is 0.121. The van der Waals surface area contributed by atoms with Gasteiger partial charge in [0, 0.05) is 6.42 Å². The molecular weight excluding hydrogens is 465 g/mol. The molecule has 0 saturated carbocycles. The monoisotopic (exact) mass is 505 g/mol. The predicted molar refractivity (Wildman–Crippen MR) is 140 cm³/mol. The highest BCUT2D eigenvalue weighted by Gasteiger charge is 2.37. The van der Waals surface area contributed by atoms with E-state index in [1.807, 2.05) is 13.0 Å². The molecule has 0 radical (unpaired) electrons. The van der Waals surface area contributed by atoms with Crippen LogP contribution >= 0.6 is 7.60 Å². The van der Waals surface area contributed by atoms with Crippen LogP contribution in [0.5, 0.6) is 0 Å². The van der Waals surface area contributed by atoms with Crippen molar-refractivity contribution >= 4 is 19.5 Å². The van der Waals surface area contributed by atoms with Gasteiger partial charge in [-0.05, 0) is 65.4 Å². The number of ether oxygens (including phenoxy) is 1. The number of esters is 1. The second kappa shape index (κ2) is 15.5. The average Bonchev–Trinajstić information content (AvgIpc) is 2.77. The predicted octanol–water partition coefficient (Wildman–Crippen LogP) is 5.24. The number of carbonyl (C=O) groups is 2. The normalized spacial score (nSPS) is 14.1. The van der Waals surface area contributed by atoms with Crippen molar-refractivity contribution in [2.45, 2.75) is 77.9 Å². The van der Waals surface area contributed by atoms with E-state index in [4.69, 9.17) is 4.74 Å². The Balaban J connectivity index is 2.79.